The Hall–Kier alpha value is -1.24. The van der Waals surface area contributed by atoms with E-state index in [1.807, 2.05) is 0 Å². The molecule has 0 radical (unpaired) electrons. The average Bonchev–Trinajstić information content (AvgIpc) is 2.29. The van der Waals surface area contributed by atoms with Crippen LogP contribution in [0.5, 0.6) is 0 Å². The summed E-state index contributed by atoms with van der Waals surface area (Å²) < 4.78 is 0. The molecule has 1 saturated carbocycles. The molecule has 1 aromatic carbocycles. The Balaban J connectivity index is 2.01. The van der Waals surface area contributed by atoms with Gasteiger partial charge in [0.05, 0.1) is 5.76 Å². The van der Waals surface area contributed by atoms with Gasteiger partial charge in [0.2, 0.25) is 0 Å². The molecular weight excluding hydrogens is 208 g/mol. The van der Waals surface area contributed by atoms with Crippen molar-refractivity contribution in [3.63, 3.8) is 0 Å². The van der Waals surface area contributed by atoms with Crippen molar-refractivity contribution in [2.24, 2.45) is 5.92 Å². The first-order valence-corrected chi connectivity index (χ1v) is 6.58. The highest BCUT2D eigenvalue weighted by Gasteiger charge is 2.23. The number of benzene rings is 1. The molecular formula is C16H22O. The van der Waals surface area contributed by atoms with E-state index in [-0.39, 0.29) is 0 Å². The molecule has 0 bridgehead atoms. The van der Waals surface area contributed by atoms with Gasteiger partial charge in [0.1, 0.15) is 0 Å². The van der Waals surface area contributed by atoms with E-state index < -0.39 is 0 Å². The maximum Gasteiger partial charge on any atom is 0.0853 e. The molecule has 92 valence electrons. The molecule has 1 fully saturated rings. The lowest BCUT2D eigenvalue weighted by molar-refractivity contribution is 0.278. The van der Waals surface area contributed by atoms with Crippen molar-refractivity contribution >= 4 is 0 Å². The van der Waals surface area contributed by atoms with Crippen LogP contribution in [0.4, 0.5) is 0 Å². The van der Waals surface area contributed by atoms with E-state index in [9.17, 15) is 5.11 Å². The van der Waals surface area contributed by atoms with Gasteiger partial charge in [-0.15, -0.1) is 0 Å². The van der Waals surface area contributed by atoms with Crippen LogP contribution in [0.3, 0.4) is 0 Å². The second-order valence-electron chi connectivity index (χ2n) is 5.41. The van der Waals surface area contributed by atoms with Crippen LogP contribution >= 0.6 is 0 Å². The molecule has 0 aliphatic heterocycles. The van der Waals surface area contributed by atoms with Crippen LogP contribution in [0.2, 0.25) is 0 Å². The fourth-order valence-electron chi connectivity index (χ4n) is 2.95. The van der Waals surface area contributed by atoms with E-state index >= 15 is 0 Å². The number of allylic oxidation sites excluding steroid dienone is 1. The Bertz CT molecular complexity index is 377. The predicted octanol–water partition coefficient (Wildman–Crippen LogP) is 4.73. The third-order valence-electron chi connectivity index (χ3n) is 3.86. The summed E-state index contributed by atoms with van der Waals surface area (Å²) in [5, 5.41) is 9.30. The molecule has 17 heavy (non-hydrogen) atoms. The molecule has 2 unspecified atom stereocenters. The summed E-state index contributed by atoms with van der Waals surface area (Å²) in [6, 6.07) is 8.92. The zero-order valence-corrected chi connectivity index (χ0v) is 10.7. The first-order chi connectivity index (χ1) is 8.15. The molecule has 1 aliphatic rings. The van der Waals surface area contributed by atoms with E-state index in [0.717, 1.165) is 6.42 Å². The number of aliphatic hydroxyl groups excluding tert-OH is 1. The zero-order chi connectivity index (χ0) is 12.3. The van der Waals surface area contributed by atoms with Crippen molar-refractivity contribution in [3.8, 4) is 0 Å². The molecule has 0 heterocycles. The maximum absolute atomic E-state index is 9.30. The summed E-state index contributed by atoms with van der Waals surface area (Å²) in [4.78, 5) is 0. The van der Waals surface area contributed by atoms with Gasteiger partial charge in [0, 0.05) is 6.42 Å². The summed E-state index contributed by atoms with van der Waals surface area (Å²) in [6.45, 7) is 5.74. The molecule has 1 N–H and O–H groups in total. The van der Waals surface area contributed by atoms with Crippen molar-refractivity contribution in [1.82, 2.24) is 0 Å². The Morgan fingerprint density at radius 1 is 1.29 bits per heavy atom. The highest BCUT2D eigenvalue weighted by Crippen LogP contribution is 2.38. The smallest absolute Gasteiger partial charge is 0.0853 e. The van der Waals surface area contributed by atoms with E-state index in [2.05, 4.69) is 37.8 Å². The number of aliphatic hydroxyl groups is 1. The summed E-state index contributed by atoms with van der Waals surface area (Å²) in [5.41, 5.74) is 2.79. The standard InChI is InChI=1S/C16H22O/c1-12-6-8-15(9-7-12)16-5-3-4-14(11-16)10-13(2)17/h6-9,14,16-17H,2-5,10-11H2,1H3. The SMILES string of the molecule is C=C(O)CC1CCCC(c2ccc(C)cc2)C1. The number of rotatable bonds is 3. The van der Waals surface area contributed by atoms with Crippen LogP contribution in [0, 0.1) is 12.8 Å². The van der Waals surface area contributed by atoms with Gasteiger partial charge in [0.15, 0.2) is 0 Å². The summed E-state index contributed by atoms with van der Waals surface area (Å²) in [5.74, 6) is 1.64. The minimum atomic E-state index is 0.347. The normalized spacial score (nSPS) is 24.5. The molecule has 1 nitrogen and oxygen atoms in total. The highest BCUT2D eigenvalue weighted by molar-refractivity contribution is 5.25. The Morgan fingerprint density at radius 2 is 2.00 bits per heavy atom. The van der Waals surface area contributed by atoms with Crippen molar-refractivity contribution in [2.45, 2.75) is 44.9 Å². The Morgan fingerprint density at radius 3 is 2.65 bits per heavy atom. The van der Waals surface area contributed by atoms with Gasteiger partial charge in [-0.2, -0.15) is 0 Å². The van der Waals surface area contributed by atoms with Gasteiger partial charge in [-0.05, 0) is 43.6 Å². The fourth-order valence-corrected chi connectivity index (χ4v) is 2.95. The first kappa shape index (κ1) is 12.2. The van der Waals surface area contributed by atoms with Crippen molar-refractivity contribution in [1.29, 1.82) is 0 Å². The molecule has 0 spiro atoms. The summed E-state index contributed by atoms with van der Waals surface area (Å²) in [7, 11) is 0. The average molecular weight is 230 g/mol. The maximum atomic E-state index is 9.30. The second kappa shape index (κ2) is 5.39. The van der Waals surface area contributed by atoms with E-state index in [0.29, 0.717) is 17.6 Å². The third kappa shape index (κ3) is 3.36. The van der Waals surface area contributed by atoms with Crippen LogP contribution in [0.1, 0.15) is 49.1 Å². The molecule has 2 rings (SSSR count). The first-order valence-electron chi connectivity index (χ1n) is 6.58. The van der Waals surface area contributed by atoms with Gasteiger partial charge < -0.3 is 5.11 Å². The lowest BCUT2D eigenvalue weighted by atomic mass is 9.76. The van der Waals surface area contributed by atoms with Gasteiger partial charge in [-0.1, -0.05) is 42.8 Å². The molecule has 2 atom stereocenters. The summed E-state index contributed by atoms with van der Waals surface area (Å²) in [6.07, 6.45) is 5.78. The van der Waals surface area contributed by atoms with E-state index in [1.165, 1.54) is 36.8 Å². The Kier molecular flexibility index (Phi) is 3.88. The van der Waals surface area contributed by atoms with Gasteiger partial charge in [0.25, 0.3) is 0 Å². The van der Waals surface area contributed by atoms with Crippen LogP contribution in [0.25, 0.3) is 0 Å². The molecule has 0 saturated heterocycles. The van der Waals surface area contributed by atoms with Crippen molar-refractivity contribution in [2.75, 3.05) is 0 Å². The molecule has 1 aromatic rings. The van der Waals surface area contributed by atoms with Crippen molar-refractivity contribution < 1.29 is 5.11 Å². The lowest BCUT2D eigenvalue weighted by Crippen LogP contribution is -2.14. The summed E-state index contributed by atoms with van der Waals surface area (Å²) >= 11 is 0. The molecule has 0 aromatic heterocycles. The van der Waals surface area contributed by atoms with Crippen LogP contribution in [0.15, 0.2) is 36.6 Å². The highest BCUT2D eigenvalue weighted by atomic mass is 16.3. The molecule has 0 amide bonds. The largest absolute Gasteiger partial charge is 0.513 e. The quantitative estimate of drug-likeness (QED) is 0.744. The van der Waals surface area contributed by atoms with Gasteiger partial charge in [-0.3, -0.25) is 0 Å². The van der Waals surface area contributed by atoms with Crippen LogP contribution < -0.4 is 0 Å². The monoisotopic (exact) mass is 230 g/mol. The minimum Gasteiger partial charge on any atom is -0.513 e. The molecule has 1 aliphatic carbocycles. The number of hydrogen-bond acceptors (Lipinski definition) is 1. The molecule has 1 heteroatoms. The topological polar surface area (TPSA) is 20.2 Å². The lowest BCUT2D eigenvalue weighted by Gasteiger charge is -2.29. The zero-order valence-electron chi connectivity index (χ0n) is 10.7. The Labute approximate surface area is 104 Å². The fraction of sp³-hybridized carbons (Fsp3) is 0.500. The van der Waals surface area contributed by atoms with Crippen molar-refractivity contribution in [3.05, 3.63) is 47.7 Å². The second-order valence-corrected chi connectivity index (χ2v) is 5.41. The van der Waals surface area contributed by atoms with E-state index in [1.54, 1.807) is 0 Å². The van der Waals surface area contributed by atoms with Gasteiger partial charge in [-0.25, -0.2) is 0 Å². The third-order valence-corrected chi connectivity index (χ3v) is 3.86. The number of aryl methyl sites for hydroxylation is 1. The van der Waals surface area contributed by atoms with Gasteiger partial charge >= 0.3 is 0 Å². The minimum absolute atomic E-state index is 0.347. The van der Waals surface area contributed by atoms with Crippen LogP contribution in [-0.4, -0.2) is 5.11 Å². The number of hydrogen-bond donors (Lipinski definition) is 1. The predicted molar refractivity (Wildman–Crippen MR) is 72.3 cm³/mol. The van der Waals surface area contributed by atoms with E-state index in [4.69, 9.17) is 0 Å². The van der Waals surface area contributed by atoms with Crippen LogP contribution in [-0.2, 0) is 0 Å².